The molecule has 45 heavy (non-hydrogen) atoms. The summed E-state index contributed by atoms with van der Waals surface area (Å²) < 4.78 is 10.5. The van der Waals surface area contributed by atoms with E-state index in [4.69, 9.17) is 19.1 Å². The standard InChI is InChI=1S/C35H48N4O6/c1-42-34-25-28(11-15-32(34)40)9-13-30(36-44-23-21-38-17-5-3-6-18-38)27-31(37-45-24-22-39-19-7-4-8-20-39)14-10-29-12-16-33(41)35(26-29)43-2/h9-16,25-26,40-41H,3-8,17-24,27H2,1-2H3/b13-9+,14-10+,36-30+,37-31+. The highest BCUT2D eigenvalue weighted by Gasteiger charge is 2.12. The van der Waals surface area contributed by atoms with Gasteiger partial charge in [-0.25, -0.2) is 0 Å². The summed E-state index contributed by atoms with van der Waals surface area (Å²) in [7, 11) is 3.05. The van der Waals surface area contributed by atoms with Crippen molar-refractivity contribution < 1.29 is 29.4 Å². The molecule has 2 aliphatic heterocycles. The summed E-state index contributed by atoms with van der Waals surface area (Å²) in [5.41, 5.74) is 3.00. The van der Waals surface area contributed by atoms with Crippen LogP contribution in [-0.2, 0) is 9.68 Å². The second-order valence-electron chi connectivity index (χ2n) is 11.3. The maximum atomic E-state index is 10.0. The molecule has 2 N–H and O–H groups in total. The van der Waals surface area contributed by atoms with E-state index in [0.717, 1.165) is 50.4 Å². The van der Waals surface area contributed by atoms with Crippen LogP contribution in [0.3, 0.4) is 0 Å². The normalized spacial score (nSPS) is 17.2. The van der Waals surface area contributed by atoms with Crippen molar-refractivity contribution in [3.63, 3.8) is 0 Å². The van der Waals surface area contributed by atoms with E-state index < -0.39 is 0 Å². The number of methoxy groups -OCH3 is 2. The molecule has 2 heterocycles. The van der Waals surface area contributed by atoms with Crippen LogP contribution in [0.15, 0.2) is 58.9 Å². The molecule has 244 valence electrons. The number of piperidine rings is 2. The molecule has 2 aromatic rings. The van der Waals surface area contributed by atoms with Gasteiger partial charge in [0.1, 0.15) is 13.2 Å². The third kappa shape index (κ3) is 11.8. The van der Waals surface area contributed by atoms with Gasteiger partial charge in [0.05, 0.1) is 25.6 Å². The number of aromatic hydroxyl groups is 2. The van der Waals surface area contributed by atoms with Gasteiger partial charge in [-0.2, -0.15) is 0 Å². The lowest BCUT2D eigenvalue weighted by molar-refractivity contribution is 0.101. The third-order valence-electron chi connectivity index (χ3n) is 7.96. The second-order valence-corrected chi connectivity index (χ2v) is 11.3. The Labute approximate surface area is 267 Å². The van der Waals surface area contributed by atoms with Crippen LogP contribution in [-0.4, -0.2) is 98.1 Å². The average Bonchev–Trinajstić information content (AvgIpc) is 3.08. The Hall–Kier alpha value is -4.02. The molecule has 2 aliphatic rings. The largest absolute Gasteiger partial charge is 0.504 e. The van der Waals surface area contributed by atoms with E-state index in [1.807, 2.05) is 24.3 Å². The fourth-order valence-corrected chi connectivity index (χ4v) is 5.37. The highest BCUT2D eigenvalue weighted by Crippen LogP contribution is 2.28. The Morgan fingerprint density at radius 3 is 1.49 bits per heavy atom. The zero-order valence-corrected chi connectivity index (χ0v) is 26.7. The lowest BCUT2D eigenvalue weighted by Crippen LogP contribution is -2.32. The Morgan fingerprint density at radius 2 is 1.09 bits per heavy atom. The first-order chi connectivity index (χ1) is 22.0. The molecule has 0 saturated carbocycles. The smallest absolute Gasteiger partial charge is 0.161 e. The minimum atomic E-state index is 0.0803. The van der Waals surface area contributed by atoms with Gasteiger partial charge in [-0.3, -0.25) is 9.80 Å². The van der Waals surface area contributed by atoms with Crippen LogP contribution < -0.4 is 9.47 Å². The van der Waals surface area contributed by atoms with Gasteiger partial charge in [-0.15, -0.1) is 0 Å². The summed E-state index contributed by atoms with van der Waals surface area (Å²) in [4.78, 5) is 16.5. The Balaban J connectivity index is 1.52. The minimum Gasteiger partial charge on any atom is -0.504 e. The Bertz CT molecular complexity index is 1210. The molecular formula is C35H48N4O6. The predicted molar refractivity (Wildman–Crippen MR) is 179 cm³/mol. The lowest BCUT2D eigenvalue weighted by atomic mass is 10.1. The fourth-order valence-electron chi connectivity index (χ4n) is 5.37. The summed E-state index contributed by atoms with van der Waals surface area (Å²) in [6.07, 6.45) is 15.4. The van der Waals surface area contributed by atoms with Gasteiger partial charge >= 0.3 is 0 Å². The molecule has 10 heteroatoms. The molecule has 2 saturated heterocycles. The zero-order valence-electron chi connectivity index (χ0n) is 26.7. The average molecular weight is 621 g/mol. The molecular weight excluding hydrogens is 572 g/mol. The van der Waals surface area contributed by atoms with Gasteiger partial charge < -0.3 is 29.4 Å². The van der Waals surface area contributed by atoms with Gasteiger partial charge in [0, 0.05) is 19.5 Å². The molecule has 0 amide bonds. The first kappa shape index (κ1) is 33.9. The number of rotatable bonds is 16. The summed E-state index contributed by atoms with van der Waals surface area (Å²) in [5, 5.41) is 29.0. The molecule has 0 radical (unpaired) electrons. The van der Waals surface area contributed by atoms with Crippen LogP contribution >= 0.6 is 0 Å². The maximum Gasteiger partial charge on any atom is 0.161 e. The number of allylic oxidation sites excluding steroid dienone is 2. The van der Waals surface area contributed by atoms with Crippen molar-refractivity contribution in [2.75, 3.05) is 66.7 Å². The van der Waals surface area contributed by atoms with Crippen LogP contribution in [0.5, 0.6) is 23.0 Å². The molecule has 10 nitrogen and oxygen atoms in total. The van der Waals surface area contributed by atoms with Gasteiger partial charge in [0.2, 0.25) is 0 Å². The number of likely N-dealkylation sites (tertiary alicyclic amines) is 2. The van der Waals surface area contributed by atoms with Gasteiger partial charge in [-0.05, 0) is 99.4 Å². The van der Waals surface area contributed by atoms with E-state index in [9.17, 15) is 10.2 Å². The van der Waals surface area contributed by atoms with Crippen LogP contribution in [0.1, 0.15) is 56.1 Å². The number of hydrogen-bond acceptors (Lipinski definition) is 10. The highest BCUT2D eigenvalue weighted by atomic mass is 16.6. The number of phenols is 2. The number of hydrogen-bond donors (Lipinski definition) is 2. The van der Waals surface area contributed by atoms with E-state index in [-0.39, 0.29) is 11.5 Å². The summed E-state index contributed by atoms with van der Waals surface area (Å²) in [6.45, 7) is 7.04. The van der Waals surface area contributed by atoms with Crippen LogP contribution in [0.25, 0.3) is 12.2 Å². The zero-order chi connectivity index (χ0) is 31.7. The number of ether oxygens (including phenoxy) is 2. The molecule has 0 atom stereocenters. The summed E-state index contributed by atoms with van der Waals surface area (Å²) >= 11 is 0. The van der Waals surface area contributed by atoms with Crippen LogP contribution in [0.2, 0.25) is 0 Å². The van der Waals surface area contributed by atoms with E-state index in [2.05, 4.69) is 20.1 Å². The molecule has 0 spiro atoms. The molecule has 4 rings (SSSR count). The quantitative estimate of drug-likeness (QED) is 0.135. The number of phenolic OH excluding ortho intramolecular Hbond substituents is 2. The molecule has 2 aromatic carbocycles. The highest BCUT2D eigenvalue weighted by molar-refractivity contribution is 6.15. The first-order valence-corrected chi connectivity index (χ1v) is 16.0. The number of nitrogens with zero attached hydrogens (tertiary/aromatic N) is 4. The van der Waals surface area contributed by atoms with Crippen molar-refractivity contribution >= 4 is 23.6 Å². The van der Waals surface area contributed by atoms with Crippen LogP contribution in [0.4, 0.5) is 0 Å². The number of benzene rings is 2. The molecule has 0 bridgehead atoms. The molecule has 0 aliphatic carbocycles. The monoisotopic (exact) mass is 620 g/mol. The maximum absolute atomic E-state index is 10.0. The van der Waals surface area contributed by atoms with Crippen molar-refractivity contribution in [2.45, 2.75) is 44.9 Å². The fraction of sp³-hybridized carbons (Fsp3) is 0.486. The van der Waals surface area contributed by atoms with Gasteiger partial charge in [0.15, 0.2) is 23.0 Å². The first-order valence-electron chi connectivity index (χ1n) is 16.0. The van der Waals surface area contributed by atoms with Crippen molar-refractivity contribution in [3.8, 4) is 23.0 Å². The van der Waals surface area contributed by atoms with Crippen molar-refractivity contribution in [1.82, 2.24) is 9.80 Å². The van der Waals surface area contributed by atoms with Crippen LogP contribution in [0, 0.1) is 0 Å². The predicted octanol–water partition coefficient (Wildman–Crippen LogP) is 5.95. The topological polar surface area (TPSA) is 109 Å². The molecule has 0 aromatic heterocycles. The summed E-state index contributed by atoms with van der Waals surface area (Å²) in [6, 6.07) is 10.3. The minimum absolute atomic E-state index is 0.0803. The van der Waals surface area contributed by atoms with E-state index in [1.54, 1.807) is 36.4 Å². The van der Waals surface area contributed by atoms with Crippen molar-refractivity contribution in [1.29, 1.82) is 0 Å². The van der Waals surface area contributed by atoms with Gasteiger partial charge in [-0.1, -0.05) is 47.4 Å². The summed E-state index contributed by atoms with van der Waals surface area (Å²) in [5.74, 6) is 0.948. The SMILES string of the molecule is COc1cc(/C=C/C(CC(/C=C/c2ccc(O)c(OC)c2)=N/OCCN2CCCCC2)=N\OCCN2CCCCC2)ccc1O. The van der Waals surface area contributed by atoms with Crippen molar-refractivity contribution in [2.24, 2.45) is 10.3 Å². The lowest BCUT2D eigenvalue weighted by Gasteiger charge is -2.25. The number of oxime groups is 2. The molecule has 2 fully saturated rings. The van der Waals surface area contributed by atoms with Gasteiger partial charge in [0.25, 0.3) is 0 Å². The Kier molecular flexibility index (Phi) is 14.1. The van der Waals surface area contributed by atoms with E-state index in [1.165, 1.54) is 52.7 Å². The van der Waals surface area contributed by atoms with E-state index >= 15 is 0 Å². The van der Waals surface area contributed by atoms with E-state index in [0.29, 0.717) is 42.6 Å². The Morgan fingerprint density at radius 1 is 0.667 bits per heavy atom. The molecule has 0 unspecified atom stereocenters. The van der Waals surface area contributed by atoms with Crippen molar-refractivity contribution in [3.05, 3.63) is 59.7 Å². The third-order valence-corrected chi connectivity index (χ3v) is 7.96. The second kappa shape index (κ2) is 18.7.